The smallest absolute Gasteiger partial charge is 0.207 e. The Bertz CT molecular complexity index is 762. The van der Waals surface area contributed by atoms with E-state index in [1.54, 1.807) is 25.1 Å². The van der Waals surface area contributed by atoms with Gasteiger partial charge in [-0.2, -0.15) is 13.2 Å². The monoisotopic (exact) mass is 455 g/mol. The van der Waals surface area contributed by atoms with E-state index in [2.05, 4.69) is 0 Å². The second kappa shape index (κ2) is 6.78. The highest BCUT2D eigenvalue weighted by Gasteiger charge is 2.50. The first-order chi connectivity index (χ1) is 10.6. The minimum atomic E-state index is -5.04. The van der Waals surface area contributed by atoms with Crippen LogP contribution in [0, 0.1) is 6.92 Å². The van der Waals surface area contributed by atoms with Crippen molar-refractivity contribution in [2.75, 3.05) is 0 Å². The summed E-state index contributed by atoms with van der Waals surface area (Å²) in [4.78, 5) is -0.391. The van der Waals surface area contributed by atoms with Gasteiger partial charge in [0.15, 0.2) is 0 Å². The molecule has 0 aliphatic heterocycles. The quantitative estimate of drug-likeness (QED) is 0.383. The van der Waals surface area contributed by atoms with Gasteiger partial charge >= 0.3 is 6.30 Å². The molecular weight excluding hydrogens is 442 g/mol. The zero-order valence-electron chi connectivity index (χ0n) is 12.0. The Hall–Kier alpha value is -1.13. The van der Waals surface area contributed by atoms with Crippen molar-refractivity contribution in [2.45, 2.75) is 22.2 Å². The zero-order valence-corrected chi connectivity index (χ0v) is 14.9. The molecule has 0 amide bonds. The van der Waals surface area contributed by atoms with Crippen LogP contribution in [0.25, 0.3) is 0 Å². The van der Waals surface area contributed by atoms with E-state index in [9.17, 15) is 21.6 Å². The van der Waals surface area contributed by atoms with E-state index in [-0.39, 0.29) is 5.56 Å². The lowest BCUT2D eigenvalue weighted by Gasteiger charge is -2.29. The van der Waals surface area contributed by atoms with Crippen LogP contribution >= 0.6 is 22.6 Å². The van der Waals surface area contributed by atoms with Crippen LogP contribution in [0.2, 0.25) is 0 Å². The van der Waals surface area contributed by atoms with E-state index in [4.69, 9.17) is 0 Å². The van der Waals surface area contributed by atoms with Crippen molar-refractivity contribution < 1.29 is 21.6 Å². The minimum Gasteiger partial charge on any atom is -0.207 e. The Morgan fingerprint density at radius 2 is 1.52 bits per heavy atom. The Morgan fingerprint density at radius 3 is 2.00 bits per heavy atom. The fraction of sp³-hybridized carbons (Fsp3) is 0.200. The summed E-state index contributed by atoms with van der Waals surface area (Å²) < 4.78 is 63.6. The van der Waals surface area contributed by atoms with Gasteiger partial charge in [0, 0.05) is 0 Å². The SMILES string of the molecule is Cc1ccc(S(=O)(=O)N(C(I)c2ccccc2)C(F)(F)F)cc1. The highest BCUT2D eigenvalue weighted by atomic mass is 127. The van der Waals surface area contributed by atoms with Crippen LogP contribution in [0.5, 0.6) is 0 Å². The number of hydrogen-bond donors (Lipinski definition) is 0. The molecule has 2 aromatic carbocycles. The number of sulfonamides is 1. The van der Waals surface area contributed by atoms with Crippen molar-refractivity contribution >= 4 is 32.6 Å². The Labute approximate surface area is 146 Å². The fourth-order valence-corrected chi connectivity index (χ4v) is 4.93. The molecule has 0 aromatic heterocycles. The number of nitrogens with zero attached hydrogens (tertiary/aromatic N) is 1. The average Bonchev–Trinajstić information content (AvgIpc) is 2.47. The molecule has 3 nitrogen and oxygen atoms in total. The Kier molecular flexibility index (Phi) is 5.37. The van der Waals surface area contributed by atoms with Crippen LogP contribution in [0.15, 0.2) is 59.5 Å². The van der Waals surface area contributed by atoms with Crippen LogP contribution in [0.1, 0.15) is 15.2 Å². The topological polar surface area (TPSA) is 37.4 Å². The average molecular weight is 455 g/mol. The zero-order chi connectivity index (χ0) is 17.3. The molecule has 1 unspecified atom stereocenters. The molecule has 8 heteroatoms. The molecule has 0 aliphatic rings. The first kappa shape index (κ1) is 18.2. The highest BCUT2D eigenvalue weighted by Crippen LogP contribution is 2.41. The number of benzene rings is 2. The molecule has 0 saturated heterocycles. The minimum absolute atomic E-state index is 0.251. The van der Waals surface area contributed by atoms with Crippen molar-refractivity contribution in [1.29, 1.82) is 0 Å². The van der Waals surface area contributed by atoms with Crippen molar-refractivity contribution in [3.8, 4) is 0 Å². The molecule has 2 aromatic rings. The van der Waals surface area contributed by atoms with Gasteiger partial charge in [-0.3, -0.25) is 0 Å². The van der Waals surface area contributed by atoms with Gasteiger partial charge in [-0.15, -0.1) is 0 Å². The maximum Gasteiger partial charge on any atom is 0.474 e. The fourth-order valence-electron chi connectivity index (χ4n) is 1.96. The van der Waals surface area contributed by atoms with E-state index in [1.807, 2.05) is 0 Å². The third-order valence-electron chi connectivity index (χ3n) is 3.11. The number of alkyl halides is 4. The van der Waals surface area contributed by atoms with E-state index in [0.29, 0.717) is 0 Å². The molecular formula is C15H13F3INO2S. The van der Waals surface area contributed by atoms with Crippen molar-refractivity contribution in [2.24, 2.45) is 0 Å². The third-order valence-corrected chi connectivity index (χ3v) is 6.57. The standard InChI is InChI=1S/C15H13F3INO2S/c1-11-7-9-13(10-8-11)23(21,22)20(15(16,17)18)14(19)12-5-3-2-4-6-12/h2-10,14H,1H3. The number of rotatable bonds is 4. The van der Waals surface area contributed by atoms with Gasteiger partial charge < -0.3 is 0 Å². The lowest BCUT2D eigenvalue weighted by molar-refractivity contribution is -0.212. The molecule has 124 valence electrons. The second-order valence-corrected chi connectivity index (χ2v) is 7.82. The summed E-state index contributed by atoms with van der Waals surface area (Å²) in [5.41, 5.74) is 1.01. The Morgan fingerprint density at radius 1 is 1.00 bits per heavy atom. The normalized spacial score (nSPS) is 14.0. The van der Waals surface area contributed by atoms with Crippen LogP contribution in [-0.4, -0.2) is 19.0 Å². The molecule has 0 spiro atoms. The summed E-state index contributed by atoms with van der Waals surface area (Å²) in [7, 11) is -4.72. The number of aryl methyl sites for hydroxylation is 1. The highest BCUT2D eigenvalue weighted by molar-refractivity contribution is 14.1. The summed E-state index contributed by atoms with van der Waals surface area (Å²) >= 11 is 1.48. The first-order valence-corrected chi connectivity index (χ1v) is 9.19. The Balaban J connectivity index is 2.53. The number of hydrogen-bond acceptors (Lipinski definition) is 2. The van der Waals surface area contributed by atoms with Crippen molar-refractivity contribution in [3.05, 3.63) is 65.7 Å². The molecule has 0 radical (unpaired) electrons. The van der Waals surface area contributed by atoms with Crippen molar-refractivity contribution in [3.63, 3.8) is 0 Å². The van der Waals surface area contributed by atoms with Gasteiger partial charge in [0.25, 0.3) is 10.0 Å². The predicted octanol–water partition coefficient (Wildman–Crippen LogP) is 4.64. The summed E-state index contributed by atoms with van der Waals surface area (Å²) in [6, 6.07) is 13.0. The number of halogens is 4. The van der Waals surface area contributed by atoms with Gasteiger partial charge in [0.05, 0.1) is 4.90 Å². The lowest BCUT2D eigenvalue weighted by Crippen LogP contribution is -2.43. The molecule has 2 rings (SSSR count). The van der Waals surface area contributed by atoms with Crippen LogP contribution < -0.4 is 0 Å². The van der Waals surface area contributed by atoms with Gasteiger partial charge in [-0.25, -0.2) is 8.42 Å². The van der Waals surface area contributed by atoms with Crippen LogP contribution in [0.4, 0.5) is 13.2 Å². The summed E-state index contributed by atoms with van der Waals surface area (Å²) in [5.74, 6) is 0. The molecule has 1 atom stereocenters. The molecule has 0 saturated carbocycles. The van der Waals surface area contributed by atoms with Crippen LogP contribution in [-0.2, 0) is 10.0 Å². The summed E-state index contributed by atoms with van der Waals surface area (Å²) in [6.07, 6.45) is -5.04. The van der Waals surface area contributed by atoms with Gasteiger partial charge in [0.2, 0.25) is 0 Å². The summed E-state index contributed by atoms with van der Waals surface area (Å²) in [6.45, 7) is 1.73. The second-order valence-electron chi connectivity index (χ2n) is 4.83. The van der Waals surface area contributed by atoms with Gasteiger partial charge in [0.1, 0.15) is 4.05 Å². The van der Waals surface area contributed by atoms with E-state index >= 15 is 0 Å². The van der Waals surface area contributed by atoms with Crippen molar-refractivity contribution in [1.82, 2.24) is 4.31 Å². The lowest BCUT2D eigenvalue weighted by atomic mass is 10.2. The molecule has 0 N–H and O–H groups in total. The van der Waals surface area contributed by atoms with Crippen LogP contribution in [0.3, 0.4) is 0 Å². The van der Waals surface area contributed by atoms with Gasteiger partial charge in [-0.1, -0.05) is 74.9 Å². The summed E-state index contributed by atoms with van der Waals surface area (Å²) in [5, 5.41) is 0. The third kappa shape index (κ3) is 4.04. The van der Waals surface area contributed by atoms with E-state index < -0.39 is 29.6 Å². The largest absolute Gasteiger partial charge is 0.474 e. The maximum atomic E-state index is 13.5. The molecule has 0 bridgehead atoms. The predicted molar refractivity (Wildman–Crippen MR) is 89.5 cm³/mol. The molecule has 0 fully saturated rings. The molecule has 23 heavy (non-hydrogen) atoms. The molecule has 0 heterocycles. The molecule has 0 aliphatic carbocycles. The maximum absolute atomic E-state index is 13.5. The van der Waals surface area contributed by atoms with E-state index in [1.165, 1.54) is 59.0 Å². The van der Waals surface area contributed by atoms with Gasteiger partial charge in [-0.05, 0) is 24.6 Å². The first-order valence-electron chi connectivity index (χ1n) is 6.51. The van der Waals surface area contributed by atoms with E-state index in [0.717, 1.165) is 5.56 Å².